The second-order valence-electron chi connectivity index (χ2n) is 3.37. The van der Waals surface area contributed by atoms with E-state index in [2.05, 4.69) is 5.10 Å². The van der Waals surface area contributed by atoms with Crippen LogP contribution >= 0.6 is 11.6 Å². The van der Waals surface area contributed by atoms with Crippen molar-refractivity contribution >= 4 is 23.3 Å². The van der Waals surface area contributed by atoms with E-state index in [0.29, 0.717) is 22.0 Å². The van der Waals surface area contributed by atoms with Crippen molar-refractivity contribution in [3.05, 3.63) is 41.2 Å². The molecule has 0 saturated heterocycles. The molecule has 0 radical (unpaired) electrons. The van der Waals surface area contributed by atoms with Crippen LogP contribution in [0.4, 0.5) is 5.69 Å². The van der Waals surface area contributed by atoms with Gasteiger partial charge in [-0.25, -0.2) is 9.48 Å². The van der Waals surface area contributed by atoms with Crippen LogP contribution in [0, 0.1) is 0 Å². The van der Waals surface area contributed by atoms with E-state index < -0.39 is 5.97 Å². The van der Waals surface area contributed by atoms with Gasteiger partial charge in [0.05, 0.1) is 29.6 Å². The van der Waals surface area contributed by atoms with Crippen molar-refractivity contribution < 1.29 is 9.53 Å². The third kappa shape index (κ3) is 2.24. The van der Waals surface area contributed by atoms with Gasteiger partial charge in [-0.05, 0) is 18.2 Å². The van der Waals surface area contributed by atoms with E-state index in [1.807, 2.05) is 0 Å². The second kappa shape index (κ2) is 4.47. The first-order valence-corrected chi connectivity index (χ1v) is 5.18. The van der Waals surface area contributed by atoms with Crippen molar-refractivity contribution in [2.45, 2.75) is 0 Å². The molecule has 0 saturated carbocycles. The molecule has 0 spiro atoms. The molecular formula is C11H10ClN3O2. The number of methoxy groups -OCH3 is 1. The fraction of sp³-hybridized carbons (Fsp3) is 0.0909. The fourth-order valence-corrected chi connectivity index (χ4v) is 1.60. The zero-order valence-corrected chi connectivity index (χ0v) is 9.81. The topological polar surface area (TPSA) is 70.1 Å². The molecule has 5 nitrogen and oxygen atoms in total. The lowest BCUT2D eigenvalue weighted by atomic mass is 10.1. The van der Waals surface area contributed by atoms with Crippen LogP contribution in [0.15, 0.2) is 30.6 Å². The minimum absolute atomic E-state index is 0.340. The lowest BCUT2D eigenvalue weighted by Gasteiger charge is -2.08. The zero-order chi connectivity index (χ0) is 12.4. The lowest BCUT2D eigenvalue weighted by molar-refractivity contribution is 0.0600. The molecule has 6 heteroatoms. The van der Waals surface area contributed by atoms with Gasteiger partial charge < -0.3 is 10.5 Å². The summed E-state index contributed by atoms with van der Waals surface area (Å²) in [5.41, 5.74) is 7.03. The molecule has 2 rings (SSSR count). The Kier molecular flexibility index (Phi) is 3.01. The Balaban J connectivity index is 2.57. The number of halogens is 1. The first kappa shape index (κ1) is 11.5. The van der Waals surface area contributed by atoms with Crippen LogP contribution in [0.25, 0.3) is 5.69 Å². The van der Waals surface area contributed by atoms with Crippen LogP contribution in [0.1, 0.15) is 10.4 Å². The molecule has 1 aromatic carbocycles. The average molecular weight is 252 g/mol. The number of hydrogen-bond acceptors (Lipinski definition) is 4. The third-order valence-electron chi connectivity index (χ3n) is 2.22. The van der Waals surface area contributed by atoms with Gasteiger partial charge in [0.2, 0.25) is 0 Å². The highest BCUT2D eigenvalue weighted by Crippen LogP contribution is 2.20. The molecule has 0 fully saturated rings. The van der Waals surface area contributed by atoms with Crippen LogP contribution in [0.3, 0.4) is 0 Å². The van der Waals surface area contributed by atoms with Gasteiger partial charge in [0.25, 0.3) is 0 Å². The Morgan fingerprint density at radius 1 is 1.53 bits per heavy atom. The van der Waals surface area contributed by atoms with Gasteiger partial charge in [-0.1, -0.05) is 11.6 Å². The maximum Gasteiger partial charge on any atom is 0.340 e. The minimum atomic E-state index is -0.473. The summed E-state index contributed by atoms with van der Waals surface area (Å²) in [5, 5.41) is 4.51. The van der Waals surface area contributed by atoms with Crippen molar-refractivity contribution in [2.75, 3.05) is 12.8 Å². The molecule has 0 bridgehead atoms. The Hall–Kier alpha value is -2.01. The van der Waals surface area contributed by atoms with E-state index >= 15 is 0 Å². The number of nitrogen functional groups attached to an aromatic ring is 1. The second-order valence-corrected chi connectivity index (χ2v) is 3.81. The van der Waals surface area contributed by atoms with Crippen molar-refractivity contribution in [3.8, 4) is 5.69 Å². The van der Waals surface area contributed by atoms with E-state index in [4.69, 9.17) is 22.1 Å². The predicted molar refractivity (Wildman–Crippen MR) is 64.3 cm³/mol. The molecule has 0 atom stereocenters. The van der Waals surface area contributed by atoms with Crippen molar-refractivity contribution in [2.24, 2.45) is 0 Å². The molecule has 0 aliphatic carbocycles. The van der Waals surface area contributed by atoms with E-state index in [9.17, 15) is 4.79 Å². The summed E-state index contributed by atoms with van der Waals surface area (Å²) in [6, 6.07) is 4.90. The first-order chi connectivity index (χ1) is 8.11. The Bertz CT molecular complexity index is 566. The summed E-state index contributed by atoms with van der Waals surface area (Å²) in [6.07, 6.45) is 3.08. The van der Waals surface area contributed by atoms with Gasteiger partial charge in [-0.2, -0.15) is 5.10 Å². The van der Waals surface area contributed by atoms with Crippen molar-refractivity contribution in [3.63, 3.8) is 0 Å². The van der Waals surface area contributed by atoms with Gasteiger partial charge in [0.1, 0.15) is 0 Å². The molecule has 88 valence electrons. The number of hydrogen-bond donors (Lipinski definition) is 1. The van der Waals surface area contributed by atoms with Gasteiger partial charge >= 0.3 is 5.97 Å². The van der Waals surface area contributed by atoms with Crippen molar-refractivity contribution in [1.82, 2.24) is 9.78 Å². The molecule has 1 heterocycles. The van der Waals surface area contributed by atoms with E-state index in [1.165, 1.54) is 24.1 Å². The fourth-order valence-electron chi connectivity index (χ4n) is 1.46. The third-order valence-corrected chi connectivity index (χ3v) is 2.42. The Labute approximate surface area is 103 Å². The van der Waals surface area contributed by atoms with Gasteiger partial charge in [-0.15, -0.1) is 0 Å². The number of nitrogens with two attached hydrogens (primary N) is 1. The maximum absolute atomic E-state index is 11.6. The van der Waals surface area contributed by atoms with Crippen LogP contribution < -0.4 is 5.73 Å². The SMILES string of the molecule is COC(=O)c1cc(N)ccc1-n1cc(Cl)cn1. The normalized spacial score (nSPS) is 10.2. The first-order valence-electron chi connectivity index (χ1n) is 4.80. The molecule has 0 amide bonds. The van der Waals surface area contributed by atoms with Crippen LogP contribution in [0.2, 0.25) is 5.02 Å². The van der Waals surface area contributed by atoms with Crippen molar-refractivity contribution in [1.29, 1.82) is 0 Å². The number of rotatable bonds is 2. The predicted octanol–water partition coefficient (Wildman–Crippen LogP) is 1.89. The molecule has 0 aliphatic heterocycles. The average Bonchev–Trinajstić information content (AvgIpc) is 2.74. The van der Waals surface area contributed by atoms with E-state index in [1.54, 1.807) is 18.3 Å². The van der Waals surface area contributed by atoms with Gasteiger partial charge in [0, 0.05) is 11.9 Å². The largest absolute Gasteiger partial charge is 0.465 e. The number of carbonyl (C=O) groups excluding carboxylic acids is 1. The Morgan fingerprint density at radius 2 is 2.29 bits per heavy atom. The summed E-state index contributed by atoms with van der Waals surface area (Å²) in [5.74, 6) is -0.473. The van der Waals surface area contributed by atoms with Crippen LogP contribution in [-0.4, -0.2) is 22.9 Å². The van der Waals surface area contributed by atoms with E-state index in [0.717, 1.165) is 0 Å². The number of carbonyl (C=O) groups is 1. The summed E-state index contributed by atoms with van der Waals surface area (Å²) in [4.78, 5) is 11.6. The number of benzene rings is 1. The minimum Gasteiger partial charge on any atom is -0.465 e. The molecule has 0 aliphatic rings. The molecule has 17 heavy (non-hydrogen) atoms. The summed E-state index contributed by atoms with van der Waals surface area (Å²) >= 11 is 5.78. The monoisotopic (exact) mass is 251 g/mol. The molecule has 2 aromatic rings. The van der Waals surface area contributed by atoms with Crippen LogP contribution in [-0.2, 0) is 4.74 Å². The summed E-state index contributed by atoms with van der Waals surface area (Å²) in [7, 11) is 1.31. The Morgan fingerprint density at radius 3 is 2.88 bits per heavy atom. The van der Waals surface area contributed by atoms with Gasteiger partial charge in [0.15, 0.2) is 0 Å². The highest BCUT2D eigenvalue weighted by atomic mass is 35.5. The smallest absolute Gasteiger partial charge is 0.340 e. The standard InChI is InChI=1S/C11H10ClN3O2/c1-17-11(16)9-4-8(13)2-3-10(9)15-6-7(12)5-14-15/h2-6H,13H2,1H3. The van der Waals surface area contributed by atoms with Gasteiger partial charge in [-0.3, -0.25) is 0 Å². The summed E-state index contributed by atoms with van der Waals surface area (Å²) < 4.78 is 6.19. The number of aromatic nitrogens is 2. The van der Waals surface area contributed by atoms with E-state index in [-0.39, 0.29) is 0 Å². The maximum atomic E-state index is 11.6. The molecule has 1 aromatic heterocycles. The summed E-state index contributed by atoms with van der Waals surface area (Å²) in [6.45, 7) is 0. The zero-order valence-electron chi connectivity index (χ0n) is 9.05. The molecule has 2 N–H and O–H groups in total. The number of ether oxygens (including phenoxy) is 1. The molecule has 0 unspecified atom stereocenters. The highest BCUT2D eigenvalue weighted by molar-refractivity contribution is 6.30. The number of esters is 1. The highest BCUT2D eigenvalue weighted by Gasteiger charge is 2.14. The number of anilines is 1. The quantitative estimate of drug-likeness (QED) is 0.654. The number of nitrogens with zero attached hydrogens (tertiary/aromatic N) is 2. The molecular weight excluding hydrogens is 242 g/mol. The lowest BCUT2D eigenvalue weighted by Crippen LogP contribution is -2.09. The van der Waals surface area contributed by atoms with Crippen LogP contribution in [0.5, 0.6) is 0 Å².